The van der Waals surface area contributed by atoms with Crippen molar-refractivity contribution in [2.45, 2.75) is 25.7 Å². The second-order valence-corrected chi connectivity index (χ2v) is 5.38. The third kappa shape index (κ3) is 4.29. The van der Waals surface area contributed by atoms with Crippen LogP contribution in [0.5, 0.6) is 0 Å². The number of methoxy groups -OCH3 is 1. The van der Waals surface area contributed by atoms with E-state index in [4.69, 9.17) is 4.74 Å². The lowest BCUT2D eigenvalue weighted by atomic mass is 9.88. The number of carbonyl (C=O) groups excluding carboxylic acids is 2. The number of hydrogen-bond acceptors (Lipinski definition) is 3. The first-order chi connectivity index (χ1) is 10.6. The fourth-order valence-corrected chi connectivity index (χ4v) is 2.40. The molecule has 114 valence electrons. The lowest BCUT2D eigenvalue weighted by Crippen LogP contribution is -2.13. The van der Waals surface area contributed by atoms with Crippen LogP contribution in [0.15, 0.2) is 54.6 Å². The summed E-state index contributed by atoms with van der Waals surface area (Å²) in [5.74, 6) is -0.428. The van der Waals surface area contributed by atoms with Gasteiger partial charge in [-0.2, -0.15) is 0 Å². The number of esters is 1. The molecule has 0 amide bonds. The minimum atomic E-state index is -0.300. The Morgan fingerprint density at radius 3 is 2.18 bits per heavy atom. The Morgan fingerprint density at radius 2 is 1.59 bits per heavy atom. The summed E-state index contributed by atoms with van der Waals surface area (Å²) in [7, 11) is 1.37. The highest BCUT2D eigenvalue weighted by molar-refractivity contribution is 5.96. The minimum Gasteiger partial charge on any atom is -0.469 e. The maximum atomic E-state index is 12.4. The van der Waals surface area contributed by atoms with Crippen molar-refractivity contribution < 1.29 is 14.3 Å². The summed E-state index contributed by atoms with van der Waals surface area (Å²) in [5.41, 5.74) is 2.81. The molecule has 0 radical (unpaired) electrons. The normalized spacial score (nSPS) is 11.7. The van der Waals surface area contributed by atoms with E-state index in [1.165, 1.54) is 7.11 Å². The molecule has 22 heavy (non-hydrogen) atoms. The SMILES string of the molecule is COC(=O)C[C@@H](CC(=O)c1ccccc1)c1ccc(C)cc1. The van der Waals surface area contributed by atoms with Crippen LogP contribution >= 0.6 is 0 Å². The van der Waals surface area contributed by atoms with Crippen LogP contribution in [0.1, 0.15) is 40.2 Å². The van der Waals surface area contributed by atoms with Crippen LogP contribution in [-0.4, -0.2) is 18.9 Å². The highest BCUT2D eigenvalue weighted by Crippen LogP contribution is 2.26. The van der Waals surface area contributed by atoms with Gasteiger partial charge in [0.2, 0.25) is 0 Å². The number of Topliss-reactive ketones (excluding diaryl/α,β-unsaturated/α-hetero) is 1. The van der Waals surface area contributed by atoms with Crippen LogP contribution in [0.25, 0.3) is 0 Å². The minimum absolute atomic E-state index is 0.0371. The molecule has 0 spiro atoms. The van der Waals surface area contributed by atoms with Crippen molar-refractivity contribution in [2.75, 3.05) is 7.11 Å². The van der Waals surface area contributed by atoms with Crippen molar-refractivity contribution in [3.05, 3.63) is 71.3 Å². The maximum absolute atomic E-state index is 12.4. The predicted molar refractivity (Wildman–Crippen MR) is 85.9 cm³/mol. The smallest absolute Gasteiger partial charge is 0.306 e. The van der Waals surface area contributed by atoms with Gasteiger partial charge in [-0.15, -0.1) is 0 Å². The molecule has 0 fully saturated rings. The Morgan fingerprint density at radius 1 is 0.955 bits per heavy atom. The van der Waals surface area contributed by atoms with Gasteiger partial charge < -0.3 is 4.74 Å². The second kappa shape index (κ2) is 7.55. The van der Waals surface area contributed by atoms with Crippen LogP contribution in [0.2, 0.25) is 0 Å². The van der Waals surface area contributed by atoms with Gasteiger partial charge in [0.25, 0.3) is 0 Å². The molecule has 2 aromatic rings. The first-order valence-corrected chi connectivity index (χ1v) is 7.31. The Bertz CT molecular complexity index is 629. The van der Waals surface area contributed by atoms with Gasteiger partial charge in [0.15, 0.2) is 5.78 Å². The molecule has 1 atom stereocenters. The van der Waals surface area contributed by atoms with E-state index in [0.717, 1.165) is 11.1 Å². The Kier molecular flexibility index (Phi) is 5.48. The van der Waals surface area contributed by atoms with E-state index in [-0.39, 0.29) is 24.1 Å². The van der Waals surface area contributed by atoms with E-state index in [1.54, 1.807) is 12.1 Å². The topological polar surface area (TPSA) is 43.4 Å². The summed E-state index contributed by atoms with van der Waals surface area (Å²) in [4.78, 5) is 24.1. The lowest BCUT2D eigenvalue weighted by Gasteiger charge is -2.16. The van der Waals surface area contributed by atoms with Crippen molar-refractivity contribution in [1.29, 1.82) is 0 Å². The number of rotatable bonds is 6. The molecule has 0 N–H and O–H groups in total. The van der Waals surface area contributed by atoms with E-state index in [2.05, 4.69) is 0 Å². The summed E-state index contributed by atoms with van der Waals surface area (Å²) in [6.07, 6.45) is 0.500. The fraction of sp³-hybridized carbons (Fsp3) is 0.263. The molecule has 0 aliphatic carbocycles. The van der Waals surface area contributed by atoms with Gasteiger partial charge in [-0.05, 0) is 12.5 Å². The molecular weight excluding hydrogens is 276 g/mol. The summed E-state index contributed by atoms with van der Waals surface area (Å²) in [6.45, 7) is 2.01. The van der Waals surface area contributed by atoms with Crippen molar-refractivity contribution in [3.63, 3.8) is 0 Å². The molecule has 3 heteroatoms. The van der Waals surface area contributed by atoms with E-state index in [1.807, 2.05) is 49.4 Å². The second-order valence-electron chi connectivity index (χ2n) is 5.38. The average molecular weight is 296 g/mol. The van der Waals surface area contributed by atoms with E-state index < -0.39 is 0 Å². The molecule has 3 nitrogen and oxygen atoms in total. The van der Waals surface area contributed by atoms with E-state index in [9.17, 15) is 9.59 Å². The zero-order valence-corrected chi connectivity index (χ0v) is 12.9. The quantitative estimate of drug-likeness (QED) is 0.599. The van der Waals surface area contributed by atoms with Gasteiger partial charge in [0, 0.05) is 17.9 Å². The van der Waals surface area contributed by atoms with E-state index in [0.29, 0.717) is 12.0 Å². The van der Waals surface area contributed by atoms with Crippen LogP contribution < -0.4 is 0 Å². The van der Waals surface area contributed by atoms with Crippen LogP contribution in [0, 0.1) is 6.92 Å². The maximum Gasteiger partial charge on any atom is 0.306 e. The summed E-state index contributed by atoms with van der Waals surface area (Å²) >= 11 is 0. The summed E-state index contributed by atoms with van der Waals surface area (Å²) < 4.78 is 4.76. The zero-order chi connectivity index (χ0) is 15.9. The van der Waals surface area contributed by atoms with Crippen molar-refractivity contribution in [2.24, 2.45) is 0 Å². The van der Waals surface area contributed by atoms with Gasteiger partial charge in [-0.1, -0.05) is 60.2 Å². The summed E-state index contributed by atoms with van der Waals surface area (Å²) in [5, 5.41) is 0. The molecule has 2 rings (SSSR count). The number of benzene rings is 2. The van der Waals surface area contributed by atoms with Crippen LogP contribution in [0.3, 0.4) is 0 Å². The number of ketones is 1. The molecule has 0 heterocycles. The molecule has 2 aromatic carbocycles. The highest BCUT2D eigenvalue weighted by atomic mass is 16.5. The van der Waals surface area contributed by atoms with E-state index >= 15 is 0 Å². The van der Waals surface area contributed by atoms with Crippen LogP contribution in [-0.2, 0) is 9.53 Å². The Hall–Kier alpha value is -2.42. The molecule has 0 saturated heterocycles. The van der Waals surface area contributed by atoms with Crippen molar-refractivity contribution in [1.82, 2.24) is 0 Å². The molecule has 0 aliphatic heterocycles. The molecule has 0 saturated carbocycles. The van der Waals surface area contributed by atoms with Gasteiger partial charge in [0.1, 0.15) is 0 Å². The Balaban J connectivity index is 2.19. The standard InChI is InChI=1S/C19H20O3/c1-14-8-10-15(11-9-14)17(13-19(21)22-2)12-18(20)16-6-4-3-5-7-16/h3-11,17H,12-13H2,1-2H3/t17-/m1/s1. The Labute approximate surface area is 130 Å². The number of carbonyl (C=O) groups is 2. The highest BCUT2D eigenvalue weighted by Gasteiger charge is 2.20. The van der Waals surface area contributed by atoms with Crippen LogP contribution in [0.4, 0.5) is 0 Å². The number of ether oxygens (including phenoxy) is 1. The van der Waals surface area contributed by atoms with Crippen molar-refractivity contribution in [3.8, 4) is 0 Å². The number of hydrogen-bond donors (Lipinski definition) is 0. The molecular formula is C19H20O3. The van der Waals surface area contributed by atoms with Gasteiger partial charge in [-0.25, -0.2) is 0 Å². The molecule has 0 aliphatic rings. The number of aryl methyl sites for hydroxylation is 1. The third-order valence-corrected chi connectivity index (χ3v) is 3.72. The first-order valence-electron chi connectivity index (χ1n) is 7.31. The monoisotopic (exact) mass is 296 g/mol. The molecule has 0 unspecified atom stereocenters. The molecule has 0 bridgehead atoms. The lowest BCUT2D eigenvalue weighted by molar-refractivity contribution is -0.141. The average Bonchev–Trinajstić information content (AvgIpc) is 2.55. The van der Waals surface area contributed by atoms with Gasteiger partial charge in [-0.3, -0.25) is 9.59 Å². The first kappa shape index (κ1) is 16.0. The van der Waals surface area contributed by atoms with Crippen molar-refractivity contribution >= 4 is 11.8 Å². The zero-order valence-electron chi connectivity index (χ0n) is 12.9. The summed E-state index contributed by atoms with van der Waals surface area (Å²) in [6, 6.07) is 17.1. The fourth-order valence-electron chi connectivity index (χ4n) is 2.40. The largest absolute Gasteiger partial charge is 0.469 e. The van der Waals surface area contributed by atoms with Gasteiger partial charge in [0.05, 0.1) is 13.5 Å². The third-order valence-electron chi connectivity index (χ3n) is 3.72. The van der Waals surface area contributed by atoms with Gasteiger partial charge >= 0.3 is 5.97 Å². The predicted octanol–water partition coefficient (Wildman–Crippen LogP) is 3.91. The molecule has 0 aromatic heterocycles.